The smallest absolute Gasteiger partial charge is 0.250 e. The van der Waals surface area contributed by atoms with Crippen LogP contribution in [0, 0.1) is 0 Å². The van der Waals surface area contributed by atoms with Crippen LogP contribution in [0.25, 0.3) is 6.08 Å². The zero-order valence-corrected chi connectivity index (χ0v) is 13.5. The van der Waals surface area contributed by atoms with Gasteiger partial charge in [-0.05, 0) is 24.1 Å². The summed E-state index contributed by atoms with van der Waals surface area (Å²) in [4.78, 5) is 21.2. The molecule has 1 N–H and O–H groups in total. The van der Waals surface area contributed by atoms with E-state index in [-0.39, 0.29) is 5.91 Å². The van der Waals surface area contributed by atoms with Crippen LogP contribution in [-0.4, -0.2) is 28.9 Å². The molecule has 0 fully saturated rings. The second kappa shape index (κ2) is 6.51. The number of thiazole rings is 1. The minimum absolute atomic E-state index is 0.123. The van der Waals surface area contributed by atoms with Crippen LogP contribution in [0.5, 0.6) is 0 Å². The molecule has 6 heteroatoms. The van der Waals surface area contributed by atoms with E-state index in [2.05, 4.69) is 22.1 Å². The van der Waals surface area contributed by atoms with Crippen molar-refractivity contribution in [3.8, 4) is 0 Å². The van der Waals surface area contributed by atoms with Crippen molar-refractivity contribution in [2.75, 3.05) is 18.4 Å². The number of carbonyl (C=O) groups is 1. The van der Waals surface area contributed by atoms with Gasteiger partial charge in [-0.15, -0.1) is 22.7 Å². The van der Waals surface area contributed by atoms with Crippen LogP contribution in [0.3, 0.4) is 0 Å². The van der Waals surface area contributed by atoms with E-state index in [9.17, 15) is 4.79 Å². The number of rotatable bonds is 4. The van der Waals surface area contributed by atoms with Crippen LogP contribution < -0.4 is 5.32 Å². The van der Waals surface area contributed by atoms with E-state index in [0.29, 0.717) is 5.13 Å². The third kappa shape index (κ3) is 3.58. The lowest BCUT2D eigenvalue weighted by atomic mass is 10.2. The maximum absolute atomic E-state index is 11.9. The van der Waals surface area contributed by atoms with Crippen LogP contribution in [0.15, 0.2) is 23.6 Å². The predicted octanol–water partition coefficient (Wildman–Crippen LogP) is 3.23. The van der Waals surface area contributed by atoms with Gasteiger partial charge in [-0.1, -0.05) is 13.0 Å². The van der Waals surface area contributed by atoms with E-state index >= 15 is 0 Å². The SMILES string of the molecule is CCN1CCc2nc(NC(=O)/C=C/c3cccs3)sc2C1. The van der Waals surface area contributed by atoms with E-state index in [1.54, 1.807) is 28.7 Å². The first kappa shape index (κ1) is 14.4. The van der Waals surface area contributed by atoms with Crippen LogP contribution in [0.2, 0.25) is 0 Å². The summed E-state index contributed by atoms with van der Waals surface area (Å²) < 4.78 is 0. The Morgan fingerprint density at radius 2 is 2.48 bits per heavy atom. The summed E-state index contributed by atoms with van der Waals surface area (Å²) in [5.41, 5.74) is 1.14. The molecule has 0 saturated heterocycles. The van der Waals surface area contributed by atoms with Crippen molar-refractivity contribution in [1.82, 2.24) is 9.88 Å². The summed E-state index contributed by atoms with van der Waals surface area (Å²) in [6, 6.07) is 3.95. The molecule has 110 valence electrons. The van der Waals surface area contributed by atoms with Gasteiger partial charge < -0.3 is 0 Å². The average Bonchev–Trinajstić information content (AvgIpc) is 3.13. The van der Waals surface area contributed by atoms with Gasteiger partial charge >= 0.3 is 0 Å². The Hall–Kier alpha value is -1.50. The fraction of sp³-hybridized carbons (Fsp3) is 0.333. The molecule has 1 amide bonds. The molecule has 0 saturated carbocycles. The standard InChI is InChI=1S/C15H17N3OS2/c1-2-18-8-7-12-13(10-18)21-15(16-12)17-14(19)6-5-11-4-3-9-20-11/h3-6,9H,2,7-8,10H2,1H3,(H,16,17,19)/b6-5+. The molecule has 0 atom stereocenters. The first-order chi connectivity index (χ1) is 10.2. The fourth-order valence-electron chi connectivity index (χ4n) is 2.26. The van der Waals surface area contributed by atoms with Crippen molar-refractivity contribution in [2.24, 2.45) is 0 Å². The molecule has 2 aromatic heterocycles. The molecule has 2 aromatic rings. The molecule has 4 nitrogen and oxygen atoms in total. The van der Waals surface area contributed by atoms with Gasteiger partial charge in [-0.25, -0.2) is 4.98 Å². The van der Waals surface area contributed by atoms with Gasteiger partial charge in [-0.3, -0.25) is 15.0 Å². The molecule has 1 aliphatic rings. The largest absolute Gasteiger partial charge is 0.298 e. The lowest BCUT2D eigenvalue weighted by Crippen LogP contribution is -2.29. The molecule has 0 spiro atoms. The number of anilines is 1. The Labute approximate surface area is 132 Å². The monoisotopic (exact) mass is 319 g/mol. The van der Waals surface area contributed by atoms with Gasteiger partial charge in [0.2, 0.25) is 5.91 Å². The zero-order valence-electron chi connectivity index (χ0n) is 11.8. The Morgan fingerprint density at radius 3 is 3.24 bits per heavy atom. The van der Waals surface area contributed by atoms with Crippen LogP contribution in [0.1, 0.15) is 22.4 Å². The summed E-state index contributed by atoms with van der Waals surface area (Å²) in [5, 5.41) is 5.56. The van der Waals surface area contributed by atoms with Crippen LogP contribution >= 0.6 is 22.7 Å². The van der Waals surface area contributed by atoms with Crippen molar-refractivity contribution in [2.45, 2.75) is 19.9 Å². The highest BCUT2D eigenvalue weighted by Gasteiger charge is 2.19. The summed E-state index contributed by atoms with van der Waals surface area (Å²) >= 11 is 3.20. The molecule has 0 unspecified atom stereocenters. The average molecular weight is 319 g/mol. The molecule has 21 heavy (non-hydrogen) atoms. The maximum Gasteiger partial charge on any atom is 0.250 e. The van der Waals surface area contributed by atoms with E-state index in [1.165, 1.54) is 4.88 Å². The molecular weight excluding hydrogens is 302 g/mol. The fourth-order valence-corrected chi connectivity index (χ4v) is 3.93. The highest BCUT2D eigenvalue weighted by atomic mass is 32.1. The molecule has 3 rings (SSSR count). The van der Waals surface area contributed by atoms with E-state index in [4.69, 9.17) is 0 Å². The quantitative estimate of drug-likeness (QED) is 0.880. The van der Waals surface area contributed by atoms with Gasteiger partial charge in [0.05, 0.1) is 5.69 Å². The van der Waals surface area contributed by atoms with Crippen molar-refractivity contribution in [3.05, 3.63) is 39.0 Å². The Morgan fingerprint density at radius 1 is 1.57 bits per heavy atom. The normalized spacial score (nSPS) is 15.3. The van der Waals surface area contributed by atoms with Crippen molar-refractivity contribution >= 4 is 39.8 Å². The first-order valence-corrected chi connectivity index (χ1v) is 8.67. The van der Waals surface area contributed by atoms with Gasteiger partial charge in [0.25, 0.3) is 0 Å². The number of nitrogens with one attached hydrogen (secondary N) is 1. The lowest BCUT2D eigenvalue weighted by molar-refractivity contribution is -0.111. The molecule has 0 aromatic carbocycles. The van der Waals surface area contributed by atoms with Crippen molar-refractivity contribution in [3.63, 3.8) is 0 Å². The van der Waals surface area contributed by atoms with Gasteiger partial charge in [0.1, 0.15) is 0 Å². The lowest BCUT2D eigenvalue weighted by Gasteiger charge is -2.23. The molecule has 0 bridgehead atoms. The number of carbonyl (C=O) groups excluding carboxylic acids is 1. The third-order valence-electron chi connectivity index (χ3n) is 3.43. The number of aromatic nitrogens is 1. The highest BCUT2D eigenvalue weighted by Crippen LogP contribution is 2.28. The minimum Gasteiger partial charge on any atom is -0.298 e. The Kier molecular flexibility index (Phi) is 4.48. The number of hydrogen-bond donors (Lipinski definition) is 1. The molecule has 0 radical (unpaired) electrons. The van der Waals surface area contributed by atoms with Crippen LogP contribution in [-0.2, 0) is 17.8 Å². The topological polar surface area (TPSA) is 45.2 Å². The predicted molar refractivity (Wildman–Crippen MR) is 88.8 cm³/mol. The van der Waals surface area contributed by atoms with Crippen LogP contribution in [0.4, 0.5) is 5.13 Å². The summed E-state index contributed by atoms with van der Waals surface area (Å²) in [6.45, 7) is 5.23. The molecule has 1 aliphatic heterocycles. The van der Waals surface area contributed by atoms with E-state index in [1.807, 2.05) is 23.6 Å². The number of thiophene rings is 1. The van der Waals surface area contributed by atoms with Gasteiger partial charge in [0.15, 0.2) is 5.13 Å². The number of hydrogen-bond acceptors (Lipinski definition) is 5. The number of fused-ring (bicyclic) bond motifs is 1. The second-order valence-electron chi connectivity index (χ2n) is 4.85. The minimum atomic E-state index is -0.123. The van der Waals surface area contributed by atoms with Gasteiger partial charge in [-0.2, -0.15) is 0 Å². The highest BCUT2D eigenvalue weighted by molar-refractivity contribution is 7.15. The van der Waals surface area contributed by atoms with Crippen molar-refractivity contribution in [1.29, 1.82) is 0 Å². The Balaban J connectivity index is 1.63. The second-order valence-corrected chi connectivity index (χ2v) is 6.91. The first-order valence-electron chi connectivity index (χ1n) is 6.98. The summed E-state index contributed by atoms with van der Waals surface area (Å²) in [7, 11) is 0. The molecule has 3 heterocycles. The van der Waals surface area contributed by atoms with Crippen molar-refractivity contribution < 1.29 is 4.79 Å². The zero-order chi connectivity index (χ0) is 14.7. The summed E-state index contributed by atoms with van der Waals surface area (Å²) in [6.07, 6.45) is 4.36. The summed E-state index contributed by atoms with van der Waals surface area (Å²) in [5.74, 6) is -0.123. The molecule has 0 aliphatic carbocycles. The third-order valence-corrected chi connectivity index (χ3v) is 5.27. The Bertz CT molecular complexity index is 646. The number of nitrogens with zero attached hydrogens (tertiary/aromatic N) is 2. The van der Waals surface area contributed by atoms with E-state index < -0.39 is 0 Å². The number of amides is 1. The van der Waals surface area contributed by atoms with E-state index in [0.717, 1.165) is 36.6 Å². The number of likely N-dealkylation sites (N-methyl/N-ethyl adjacent to an activating group) is 1. The van der Waals surface area contributed by atoms with Gasteiger partial charge in [0, 0.05) is 35.3 Å². The maximum atomic E-state index is 11.9. The molecular formula is C15H17N3OS2.